The molecule has 1 nitrogen and oxygen atoms in total. The molecular formula is C15H15ClFN. The quantitative estimate of drug-likeness (QED) is 0.873. The Hall–Kier alpha value is -1.38. The second-order valence-corrected chi connectivity index (χ2v) is 4.54. The molecule has 2 rings (SSSR count). The lowest BCUT2D eigenvalue weighted by molar-refractivity contribution is 0.603. The van der Waals surface area contributed by atoms with Gasteiger partial charge in [0, 0.05) is 5.02 Å². The van der Waals surface area contributed by atoms with Crippen LogP contribution in [-0.4, -0.2) is 6.54 Å². The van der Waals surface area contributed by atoms with Gasteiger partial charge in [0.25, 0.3) is 0 Å². The number of hydrogen-bond donors (Lipinski definition) is 1. The highest BCUT2D eigenvalue weighted by molar-refractivity contribution is 6.30. The first-order chi connectivity index (χ1) is 8.70. The van der Waals surface area contributed by atoms with Gasteiger partial charge in [-0.3, -0.25) is 0 Å². The van der Waals surface area contributed by atoms with Crippen molar-refractivity contribution in [2.75, 3.05) is 6.54 Å². The van der Waals surface area contributed by atoms with Crippen molar-refractivity contribution in [1.82, 2.24) is 5.32 Å². The van der Waals surface area contributed by atoms with E-state index in [-0.39, 0.29) is 11.9 Å². The lowest BCUT2D eigenvalue weighted by Gasteiger charge is -2.19. The van der Waals surface area contributed by atoms with Gasteiger partial charge in [-0.05, 0) is 41.9 Å². The van der Waals surface area contributed by atoms with Gasteiger partial charge < -0.3 is 5.32 Å². The van der Waals surface area contributed by atoms with Gasteiger partial charge in [-0.15, -0.1) is 0 Å². The molecule has 0 heterocycles. The van der Waals surface area contributed by atoms with Crippen LogP contribution in [0.4, 0.5) is 4.39 Å². The molecule has 18 heavy (non-hydrogen) atoms. The topological polar surface area (TPSA) is 12.0 Å². The molecule has 0 aromatic heterocycles. The lowest BCUT2D eigenvalue weighted by Crippen LogP contribution is -2.22. The zero-order valence-electron chi connectivity index (χ0n) is 10.2. The summed E-state index contributed by atoms with van der Waals surface area (Å²) in [5, 5.41) is 4.03. The fraction of sp³-hybridized carbons (Fsp3) is 0.200. The van der Waals surface area contributed by atoms with Crippen LogP contribution in [0.5, 0.6) is 0 Å². The third kappa shape index (κ3) is 3.09. The van der Waals surface area contributed by atoms with Crippen LogP contribution in [0, 0.1) is 5.82 Å². The van der Waals surface area contributed by atoms with E-state index in [2.05, 4.69) is 5.32 Å². The molecule has 0 aliphatic rings. The van der Waals surface area contributed by atoms with Crippen molar-refractivity contribution >= 4 is 11.6 Å². The maximum atomic E-state index is 13.3. The highest BCUT2D eigenvalue weighted by Gasteiger charge is 2.13. The van der Waals surface area contributed by atoms with E-state index < -0.39 is 0 Å². The normalized spacial score (nSPS) is 12.4. The number of hydrogen-bond acceptors (Lipinski definition) is 1. The first-order valence-corrected chi connectivity index (χ1v) is 6.33. The van der Waals surface area contributed by atoms with E-state index in [1.165, 1.54) is 6.07 Å². The van der Waals surface area contributed by atoms with Crippen LogP contribution < -0.4 is 5.32 Å². The maximum absolute atomic E-state index is 13.3. The minimum atomic E-state index is -0.225. The molecule has 94 valence electrons. The highest BCUT2D eigenvalue weighted by Crippen LogP contribution is 2.24. The average Bonchev–Trinajstić information content (AvgIpc) is 2.36. The second kappa shape index (κ2) is 5.98. The monoisotopic (exact) mass is 263 g/mol. The summed E-state index contributed by atoms with van der Waals surface area (Å²) in [5.41, 5.74) is 1.94. The van der Waals surface area contributed by atoms with Crippen LogP contribution in [0.3, 0.4) is 0 Å². The van der Waals surface area contributed by atoms with E-state index in [4.69, 9.17) is 11.6 Å². The Balaban J connectivity index is 2.39. The summed E-state index contributed by atoms with van der Waals surface area (Å²) in [6.07, 6.45) is 0. The Kier molecular flexibility index (Phi) is 4.34. The first-order valence-electron chi connectivity index (χ1n) is 5.95. The molecule has 0 fully saturated rings. The summed E-state index contributed by atoms with van der Waals surface area (Å²) in [4.78, 5) is 0. The van der Waals surface area contributed by atoms with Crippen LogP contribution >= 0.6 is 11.6 Å². The van der Waals surface area contributed by atoms with Crippen molar-refractivity contribution in [3.05, 3.63) is 70.5 Å². The van der Waals surface area contributed by atoms with Gasteiger partial charge in [0.1, 0.15) is 5.82 Å². The van der Waals surface area contributed by atoms with Crippen LogP contribution in [0.15, 0.2) is 48.5 Å². The van der Waals surface area contributed by atoms with E-state index in [9.17, 15) is 4.39 Å². The lowest BCUT2D eigenvalue weighted by atomic mass is 9.98. The van der Waals surface area contributed by atoms with E-state index in [0.717, 1.165) is 17.7 Å². The van der Waals surface area contributed by atoms with Crippen LogP contribution in [0.2, 0.25) is 5.02 Å². The van der Waals surface area contributed by atoms with Gasteiger partial charge in [0.15, 0.2) is 0 Å². The third-order valence-corrected chi connectivity index (χ3v) is 3.01. The van der Waals surface area contributed by atoms with Crippen molar-refractivity contribution in [3.63, 3.8) is 0 Å². The predicted octanol–water partition coefficient (Wildman–Crippen LogP) is 4.18. The Morgan fingerprint density at radius 2 is 1.78 bits per heavy atom. The summed E-state index contributed by atoms with van der Waals surface area (Å²) < 4.78 is 13.3. The van der Waals surface area contributed by atoms with Gasteiger partial charge in [-0.25, -0.2) is 4.39 Å². The zero-order chi connectivity index (χ0) is 13.0. The molecule has 0 spiro atoms. The summed E-state index contributed by atoms with van der Waals surface area (Å²) >= 11 is 6.01. The molecule has 0 saturated heterocycles. The van der Waals surface area contributed by atoms with Crippen LogP contribution in [-0.2, 0) is 0 Å². The molecule has 3 heteroatoms. The van der Waals surface area contributed by atoms with Crippen molar-refractivity contribution in [3.8, 4) is 0 Å². The Morgan fingerprint density at radius 1 is 1.11 bits per heavy atom. The fourth-order valence-electron chi connectivity index (χ4n) is 2.00. The highest BCUT2D eigenvalue weighted by atomic mass is 35.5. The Morgan fingerprint density at radius 3 is 2.39 bits per heavy atom. The summed E-state index contributed by atoms with van der Waals surface area (Å²) in [6.45, 7) is 2.82. The fourth-order valence-corrected chi connectivity index (χ4v) is 2.20. The molecule has 0 aliphatic heterocycles. The molecule has 0 saturated carbocycles. The molecule has 1 N–H and O–H groups in total. The molecular weight excluding hydrogens is 249 g/mol. The van der Waals surface area contributed by atoms with Crippen molar-refractivity contribution in [2.45, 2.75) is 13.0 Å². The third-order valence-electron chi connectivity index (χ3n) is 2.77. The minimum Gasteiger partial charge on any atom is -0.307 e. The first kappa shape index (κ1) is 13.1. The maximum Gasteiger partial charge on any atom is 0.123 e. The van der Waals surface area contributed by atoms with Gasteiger partial charge >= 0.3 is 0 Å². The molecule has 0 aliphatic carbocycles. The largest absolute Gasteiger partial charge is 0.307 e. The number of halogens is 2. The van der Waals surface area contributed by atoms with Gasteiger partial charge in [-0.1, -0.05) is 42.8 Å². The molecule has 1 atom stereocenters. The Labute approximate surface area is 112 Å². The Bertz CT molecular complexity index is 482. The molecule has 2 aromatic rings. The van der Waals surface area contributed by atoms with E-state index in [0.29, 0.717) is 5.02 Å². The molecule has 1 unspecified atom stereocenters. The molecule has 0 bridgehead atoms. The van der Waals surface area contributed by atoms with E-state index in [1.807, 2.05) is 37.3 Å². The van der Waals surface area contributed by atoms with Crippen molar-refractivity contribution in [1.29, 1.82) is 0 Å². The molecule has 0 amide bonds. The number of benzene rings is 2. The molecule has 2 aromatic carbocycles. The molecule has 0 radical (unpaired) electrons. The van der Waals surface area contributed by atoms with Crippen molar-refractivity contribution in [2.24, 2.45) is 0 Å². The van der Waals surface area contributed by atoms with E-state index in [1.54, 1.807) is 12.1 Å². The average molecular weight is 264 g/mol. The summed E-state index contributed by atoms with van der Waals surface area (Å²) in [6, 6.07) is 14.2. The SMILES string of the molecule is CCNC(c1cccc(F)c1)c1cccc(Cl)c1. The minimum absolute atomic E-state index is 0.0376. The number of rotatable bonds is 4. The van der Waals surface area contributed by atoms with Gasteiger partial charge in [0.05, 0.1) is 6.04 Å². The summed E-state index contributed by atoms with van der Waals surface area (Å²) in [5.74, 6) is -0.225. The predicted molar refractivity (Wildman–Crippen MR) is 73.4 cm³/mol. The smallest absolute Gasteiger partial charge is 0.123 e. The van der Waals surface area contributed by atoms with E-state index >= 15 is 0 Å². The summed E-state index contributed by atoms with van der Waals surface area (Å²) in [7, 11) is 0. The second-order valence-electron chi connectivity index (χ2n) is 4.10. The zero-order valence-corrected chi connectivity index (χ0v) is 10.9. The van der Waals surface area contributed by atoms with Crippen molar-refractivity contribution < 1.29 is 4.39 Å². The standard InChI is InChI=1S/C15H15ClFN/c1-2-18-15(11-5-3-7-13(16)9-11)12-6-4-8-14(17)10-12/h3-10,15,18H,2H2,1H3. The van der Waals surface area contributed by atoms with Gasteiger partial charge in [-0.2, -0.15) is 0 Å². The number of nitrogens with one attached hydrogen (secondary N) is 1. The van der Waals surface area contributed by atoms with Crippen LogP contribution in [0.25, 0.3) is 0 Å². The van der Waals surface area contributed by atoms with Crippen LogP contribution in [0.1, 0.15) is 24.1 Å². The van der Waals surface area contributed by atoms with Gasteiger partial charge in [0.2, 0.25) is 0 Å².